The molecule has 1 N–H and O–H groups in total. The zero-order chi connectivity index (χ0) is 21.9. The van der Waals surface area contributed by atoms with Gasteiger partial charge in [0.15, 0.2) is 0 Å². The van der Waals surface area contributed by atoms with Crippen LogP contribution >= 0.6 is 0 Å². The Morgan fingerprint density at radius 2 is 1.70 bits per heavy atom. The first-order chi connectivity index (χ1) is 14.3. The molecule has 1 amide bonds. The van der Waals surface area contributed by atoms with Crippen molar-refractivity contribution in [2.24, 2.45) is 0 Å². The molecule has 1 aliphatic heterocycles. The second kappa shape index (κ2) is 9.18. The molecule has 0 saturated carbocycles. The van der Waals surface area contributed by atoms with E-state index in [1.54, 1.807) is 12.1 Å². The molecule has 1 saturated heterocycles. The van der Waals surface area contributed by atoms with E-state index in [2.05, 4.69) is 10.2 Å². The van der Waals surface area contributed by atoms with Crippen molar-refractivity contribution in [1.82, 2.24) is 4.31 Å². The van der Waals surface area contributed by atoms with Gasteiger partial charge in [0, 0.05) is 31.7 Å². The molecular formula is C23H31N3O3S. The first-order valence-corrected chi connectivity index (χ1v) is 12.0. The van der Waals surface area contributed by atoms with Gasteiger partial charge in [-0.1, -0.05) is 31.5 Å². The van der Waals surface area contributed by atoms with E-state index < -0.39 is 10.0 Å². The first-order valence-electron chi connectivity index (χ1n) is 10.6. The summed E-state index contributed by atoms with van der Waals surface area (Å²) in [5, 5.41) is 2.99. The van der Waals surface area contributed by atoms with Crippen LogP contribution in [-0.4, -0.2) is 44.8 Å². The van der Waals surface area contributed by atoms with Crippen LogP contribution in [-0.2, 0) is 10.0 Å². The molecule has 1 heterocycles. The van der Waals surface area contributed by atoms with Gasteiger partial charge in [-0.15, -0.1) is 0 Å². The van der Waals surface area contributed by atoms with Gasteiger partial charge in [0.1, 0.15) is 0 Å². The highest BCUT2D eigenvalue weighted by Gasteiger charge is 2.25. The van der Waals surface area contributed by atoms with Crippen LogP contribution < -0.4 is 10.2 Å². The highest BCUT2D eigenvalue weighted by Crippen LogP contribution is 2.33. The SMILES string of the molecule is CCN(CC)S(=O)(=O)c1ccc(N2CCCC2)c(NC(=O)c2ccc(C)cc2C)c1. The number of carbonyl (C=O) groups excluding carboxylic acids is 1. The molecule has 7 heteroatoms. The van der Waals surface area contributed by atoms with E-state index in [1.807, 2.05) is 52.0 Å². The average Bonchev–Trinajstić information content (AvgIpc) is 3.23. The minimum atomic E-state index is -3.61. The van der Waals surface area contributed by atoms with Gasteiger partial charge >= 0.3 is 0 Å². The average molecular weight is 430 g/mol. The maximum absolute atomic E-state index is 13.0. The molecular weight excluding hydrogens is 398 g/mol. The number of hydrogen-bond acceptors (Lipinski definition) is 4. The van der Waals surface area contributed by atoms with E-state index in [0.29, 0.717) is 24.3 Å². The van der Waals surface area contributed by atoms with Gasteiger partial charge in [-0.25, -0.2) is 8.42 Å². The monoisotopic (exact) mass is 429 g/mol. The Hall–Kier alpha value is -2.38. The molecule has 0 atom stereocenters. The first kappa shape index (κ1) is 22.3. The van der Waals surface area contributed by atoms with Crippen molar-refractivity contribution in [2.45, 2.75) is 45.4 Å². The summed E-state index contributed by atoms with van der Waals surface area (Å²) in [6, 6.07) is 10.8. The number of benzene rings is 2. The minimum Gasteiger partial charge on any atom is -0.370 e. The lowest BCUT2D eigenvalue weighted by Crippen LogP contribution is -2.31. The summed E-state index contributed by atoms with van der Waals surface area (Å²) < 4.78 is 27.5. The van der Waals surface area contributed by atoms with Crippen LogP contribution in [0.25, 0.3) is 0 Å². The lowest BCUT2D eigenvalue weighted by molar-refractivity contribution is 0.102. The second-order valence-corrected chi connectivity index (χ2v) is 9.67. The molecule has 0 aromatic heterocycles. The summed E-state index contributed by atoms with van der Waals surface area (Å²) >= 11 is 0. The Morgan fingerprint density at radius 1 is 1.03 bits per heavy atom. The number of aryl methyl sites for hydroxylation is 2. The fourth-order valence-electron chi connectivity index (χ4n) is 3.98. The van der Waals surface area contributed by atoms with Crippen molar-refractivity contribution in [3.63, 3.8) is 0 Å². The van der Waals surface area contributed by atoms with E-state index in [0.717, 1.165) is 42.7 Å². The molecule has 0 radical (unpaired) electrons. The van der Waals surface area contributed by atoms with Crippen molar-refractivity contribution in [3.8, 4) is 0 Å². The number of nitrogens with one attached hydrogen (secondary N) is 1. The van der Waals surface area contributed by atoms with Crippen molar-refractivity contribution >= 4 is 27.3 Å². The molecule has 3 rings (SSSR count). The van der Waals surface area contributed by atoms with Crippen LogP contribution in [0.15, 0.2) is 41.3 Å². The Morgan fingerprint density at radius 3 is 2.30 bits per heavy atom. The highest BCUT2D eigenvalue weighted by atomic mass is 32.2. The fraction of sp³-hybridized carbons (Fsp3) is 0.435. The smallest absolute Gasteiger partial charge is 0.255 e. The molecule has 0 spiro atoms. The Kier molecular flexibility index (Phi) is 6.83. The van der Waals surface area contributed by atoms with Crippen LogP contribution in [0.5, 0.6) is 0 Å². The Labute approximate surface area is 179 Å². The third-order valence-electron chi connectivity index (χ3n) is 5.63. The standard InChI is InChI=1S/C23H31N3O3S/c1-5-26(6-2)30(28,29)19-10-12-22(25-13-7-8-14-25)21(16-19)24-23(27)20-11-9-17(3)15-18(20)4/h9-12,15-16H,5-8,13-14H2,1-4H3,(H,24,27). The van der Waals surface area contributed by atoms with Gasteiger partial charge in [0.25, 0.3) is 5.91 Å². The van der Waals surface area contributed by atoms with Crippen molar-refractivity contribution in [1.29, 1.82) is 0 Å². The van der Waals surface area contributed by atoms with Crippen LogP contribution in [0.2, 0.25) is 0 Å². The third-order valence-corrected chi connectivity index (χ3v) is 7.68. The second-order valence-electron chi connectivity index (χ2n) is 7.73. The van der Waals surface area contributed by atoms with Crippen molar-refractivity contribution in [2.75, 3.05) is 36.4 Å². The van der Waals surface area contributed by atoms with Crippen LogP contribution in [0.4, 0.5) is 11.4 Å². The van der Waals surface area contributed by atoms with Gasteiger partial charge in [-0.2, -0.15) is 4.31 Å². The van der Waals surface area contributed by atoms with E-state index in [9.17, 15) is 13.2 Å². The van der Waals surface area contributed by atoms with Crippen molar-refractivity contribution < 1.29 is 13.2 Å². The van der Waals surface area contributed by atoms with Gasteiger partial charge < -0.3 is 10.2 Å². The summed E-state index contributed by atoms with van der Waals surface area (Å²) in [6.07, 6.45) is 2.17. The maximum atomic E-state index is 13.0. The van der Waals surface area contributed by atoms with Crippen LogP contribution in [0.1, 0.15) is 48.2 Å². The summed E-state index contributed by atoms with van der Waals surface area (Å²) in [6.45, 7) is 10.1. The largest absolute Gasteiger partial charge is 0.370 e. The fourth-order valence-corrected chi connectivity index (χ4v) is 5.46. The molecule has 1 fully saturated rings. The summed E-state index contributed by atoms with van der Waals surface area (Å²) in [7, 11) is -3.61. The molecule has 6 nitrogen and oxygen atoms in total. The lowest BCUT2D eigenvalue weighted by Gasteiger charge is -2.24. The van der Waals surface area contributed by atoms with E-state index in [1.165, 1.54) is 4.31 Å². The van der Waals surface area contributed by atoms with Gasteiger partial charge in [-0.3, -0.25) is 4.79 Å². The molecule has 0 bridgehead atoms. The molecule has 2 aromatic carbocycles. The number of anilines is 2. The number of hydrogen-bond donors (Lipinski definition) is 1. The maximum Gasteiger partial charge on any atom is 0.255 e. The Bertz CT molecular complexity index is 1020. The minimum absolute atomic E-state index is 0.199. The summed E-state index contributed by atoms with van der Waals surface area (Å²) in [5.74, 6) is -0.231. The van der Waals surface area contributed by atoms with E-state index >= 15 is 0 Å². The number of sulfonamides is 1. The number of amides is 1. The molecule has 162 valence electrons. The normalized spacial score (nSPS) is 14.4. The zero-order valence-corrected chi connectivity index (χ0v) is 19.1. The van der Waals surface area contributed by atoms with Crippen molar-refractivity contribution in [3.05, 3.63) is 53.1 Å². The molecule has 1 aliphatic rings. The lowest BCUT2D eigenvalue weighted by atomic mass is 10.1. The summed E-state index contributed by atoms with van der Waals surface area (Å²) in [5.41, 5.74) is 3.97. The van der Waals surface area contributed by atoms with Gasteiger partial charge in [-0.05, 0) is 56.5 Å². The molecule has 0 unspecified atom stereocenters. The molecule has 2 aromatic rings. The highest BCUT2D eigenvalue weighted by molar-refractivity contribution is 7.89. The van der Waals surface area contributed by atoms with Crippen LogP contribution in [0.3, 0.4) is 0 Å². The molecule has 0 aliphatic carbocycles. The van der Waals surface area contributed by atoms with Gasteiger partial charge in [0.2, 0.25) is 10.0 Å². The number of nitrogens with zero attached hydrogens (tertiary/aromatic N) is 2. The topological polar surface area (TPSA) is 69.7 Å². The quantitative estimate of drug-likeness (QED) is 0.717. The Balaban J connectivity index is 2.02. The third kappa shape index (κ3) is 4.52. The predicted molar refractivity (Wildman–Crippen MR) is 122 cm³/mol. The summed E-state index contributed by atoms with van der Waals surface area (Å²) in [4.78, 5) is 15.4. The zero-order valence-electron chi connectivity index (χ0n) is 18.2. The van der Waals surface area contributed by atoms with Crippen LogP contribution in [0, 0.1) is 13.8 Å². The number of carbonyl (C=O) groups is 1. The van der Waals surface area contributed by atoms with Gasteiger partial charge in [0.05, 0.1) is 16.3 Å². The van der Waals surface area contributed by atoms with E-state index in [-0.39, 0.29) is 10.8 Å². The predicted octanol–water partition coefficient (Wildman–Crippen LogP) is 4.19. The molecule has 30 heavy (non-hydrogen) atoms. The number of rotatable bonds is 7. The van der Waals surface area contributed by atoms with E-state index in [4.69, 9.17) is 0 Å².